The molecule has 2 aliphatic rings. The number of rotatable bonds is 18. The van der Waals surface area contributed by atoms with Gasteiger partial charge in [0.05, 0.1) is 24.4 Å². The second kappa shape index (κ2) is 16.2. The number of hydrogen-bond donors (Lipinski definition) is 2. The number of phenols is 1. The molecule has 0 saturated carbocycles. The number of carbonyl (C=O) groups is 2. The van der Waals surface area contributed by atoms with E-state index in [0.29, 0.717) is 32.3 Å². The maximum Gasteiger partial charge on any atom is 0.222 e. The highest BCUT2D eigenvalue weighted by molar-refractivity contribution is 6.02. The molecule has 1 aliphatic carbocycles. The van der Waals surface area contributed by atoms with E-state index in [9.17, 15) is 24.6 Å². The molecule has 2 N–H and O–H groups in total. The number of nitrogens with zero attached hydrogens (tertiary/aromatic N) is 1. The van der Waals surface area contributed by atoms with E-state index in [4.69, 9.17) is 4.74 Å². The molecule has 1 aromatic rings. The van der Waals surface area contributed by atoms with Crippen molar-refractivity contribution in [1.82, 2.24) is 4.90 Å². The minimum atomic E-state index is -0.531. The molecule has 1 aromatic carbocycles. The van der Waals surface area contributed by atoms with Gasteiger partial charge in [-0.25, -0.2) is 4.79 Å². The van der Waals surface area contributed by atoms with Crippen LogP contribution in [0.25, 0.3) is 0 Å². The van der Waals surface area contributed by atoms with Crippen LogP contribution in [0.1, 0.15) is 109 Å². The van der Waals surface area contributed by atoms with Gasteiger partial charge in [0.1, 0.15) is 11.7 Å². The van der Waals surface area contributed by atoms with Gasteiger partial charge in [0, 0.05) is 37.8 Å². The Balaban J connectivity index is 1.42. The van der Waals surface area contributed by atoms with Crippen LogP contribution in [0.4, 0.5) is 0 Å². The average Bonchev–Trinajstić information content (AvgIpc) is 3.00. The van der Waals surface area contributed by atoms with Crippen molar-refractivity contribution >= 4 is 17.6 Å². The predicted octanol–water partition coefficient (Wildman–Crippen LogP) is 6.44. The van der Waals surface area contributed by atoms with Crippen molar-refractivity contribution in [2.45, 2.75) is 109 Å². The molecule has 7 heteroatoms. The summed E-state index contributed by atoms with van der Waals surface area (Å²) in [5, 5.41) is 19.9. The molecule has 3 atom stereocenters. The number of aliphatic hydroxyl groups is 1. The monoisotopic (exact) mass is 581 g/mol. The van der Waals surface area contributed by atoms with E-state index < -0.39 is 5.60 Å². The summed E-state index contributed by atoms with van der Waals surface area (Å²) in [6, 6.07) is 7.23. The molecule has 0 aromatic heterocycles. The first-order chi connectivity index (χ1) is 20.2. The third-order valence-corrected chi connectivity index (χ3v) is 9.42. The SMILES string of the molecule is CCCCN(C)C(=O)CCCCCC(=O)C(=C=O)CCCCCC1=CCC2(CO)CO[C@@](C)(c3ccc(O)cc3)C1C2. The maximum atomic E-state index is 12.6. The summed E-state index contributed by atoms with van der Waals surface area (Å²) in [6.07, 6.45) is 13.1. The fourth-order valence-electron chi connectivity index (χ4n) is 6.39. The van der Waals surface area contributed by atoms with Crippen LogP contribution in [0.3, 0.4) is 0 Å². The van der Waals surface area contributed by atoms with Crippen molar-refractivity contribution in [1.29, 1.82) is 0 Å². The van der Waals surface area contributed by atoms with Crippen molar-refractivity contribution in [3.8, 4) is 5.75 Å². The molecule has 1 fully saturated rings. The third kappa shape index (κ3) is 8.89. The summed E-state index contributed by atoms with van der Waals surface area (Å²) >= 11 is 0. The second-order valence-electron chi connectivity index (χ2n) is 12.6. The number of unbranched alkanes of at least 4 members (excludes halogenated alkanes) is 5. The molecule has 1 heterocycles. The molecule has 2 unspecified atom stereocenters. The smallest absolute Gasteiger partial charge is 0.222 e. The molecule has 7 nitrogen and oxygen atoms in total. The van der Waals surface area contributed by atoms with Crippen molar-refractivity contribution in [3.05, 3.63) is 47.1 Å². The molecule has 1 saturated heterocycles. The number of allylic oxidation sites excluding steroid dienone is 2. The van der Waals surface area contributed by atoms with Gasteiger partial charge < -0.3 is 19.8 Å². The van der Waals surface area contributed by atoms with Crippen LogP contribution in [0, 0.1) is 11.3 Å². The zero-order valence-electron chi connectivity index (χ0n) is 26.0. The molecule has 3 rings (SSSR count). The summed E-state index contributed by atoms with van der Waals surface area (Å²) in [7, 11) is 1.84. The number of phenolic OH excluding ortho intramolecular Hbond substituents is 1. The van der Waals surface area contributed by atoms with Crippen LogP contribution in [0.15, 0.2) is 41.5 Å². The lowest BCUT2D eigenvalue weighted by Gasteiger charge is -2.53. The lowest BCUT2D eigenvalue weighted by Crippen LogP contribution is -2.51. The van der Waals surface area contributed by atoms with Crippen molar-refractivity contribution < 1.29 is 29.3 Å². The predicted molar refractivity (Wildman–Crippen MR) is 165 cm³/mol. The largest absolute Gasteiger partial charge is 0.508 e. The van der Waals surface area contributed by atoms with Crippen molar-refractivity contribution in [2.24, 2.45) is 11.3 Å². The van der Waals surface area contributed by atoms with Crippen LogP contribution in [-0.2, 0) is 24.7 Å². The van der Waals surface area contributed by atoms with E-state index >= 15 is 0 Å². The summed E-state index contributed by atoms with van der Waals surface area (Å²) in [6.45, 7) is 5.61. The summed E-state index contributed by atoms with van der Waals surface area (Å²) < 4.78 is 6.48. The molecular formula is C35H51NO6. The van der Waals surface area contributed by atoms with E-state index in [2.05, 4.69) is 19.9 Å². The van der Waals surface area contributed by atoms with Crippen LogP contribution >= 0.6 is 0 Å². The topological polar surface area (TPSA) is 104 Å². The second-order valence-corrected chi connectivity index (χ2v) is 12.6. The first kappa shape index (κ1) is 33.8. The van der Waals surface area contributed by atoms with E-state index in [1.165, 1.54) is 5.57 Å². The molecular weight excluding hydrogens is 530 g/mol. The first-order valence-corrected chi connectivity index (χ1v) is 15.9. The Morgan fingerprint density at radius 1 is 1.02 bits per heavy atom. The van der Waals surface area contributed by atoms with Gasteiger partial charge in [-0.2, -0.15) is 0 Å². The minimum Gasteiger partial charge on any atom is -0.508 e. The third-order valence-electron chi connectivity index (χ3n) is 9.42. The fourth-order valence-corrected chi connectivity index (χ4v) is 6.39. The fraction of sp³-hybridized carbons (Fsp3) is 0.657. The number of ketones is 1. The Kier molecular flexibility index (Phi) is 13.0. The minimum absolute atomic E-state index is 0.0995. The quantitative estimate of drug-likeness (QED) is 0.0895. The number of aliphatic hydroxyl groups excluding tert-OH is 1. The zero-order chi connectivity index (χ0) is 30.6. The Bertz CT molecular complexity index is 1120. The molecule has 42 heavy (non-hydrogen) atoms. The lowest BCUT2D eigenvalue weighted by atomic mass is 9.61. The maximum absolute atomic E-state index is 12.6. The van der Waals surface area contributed by atoms with Gasteiger partial charge in [-0.3, -0.25) is 9.59 Å². The number of amides is 1. The van der Waals surface area contributed by atoms with Crippen molar-refractivity contribution in [2.75, 3.05) is 26.8 Å². The number of carbonyl (C=O) groups excluding carboxylic acids is 3. The summed E-state index contributed by atoms with van der Waals surface area (Å²) in [5.41, 5.74) is 1.85. The Morgan fingerprint density at radius 3 is 2.40 bits per heavy atom. The van der Waals surface area contributed by atoms with Gasteiger partial charge in [0.25, 0.3) is 0 Å². The van der Waals surface area contributed by atoms with Crippen LogP contribution < -0.4 is 0 Å². The number of benzene rings is 1. The van der Waals surface area contributed by atoms with E-state index in [0.717, 1.165) is 76.3 Å². The number of hydrogen-bond acceptors (Lipinski definition) is 6. The molecule has 2 bridgehead atoms. The van der Waals surface area contributed by atoms with E-state index in [1.54, 1.807) is 17.0 Å². The standard InChI is InChI=1S/C35H51NO6/c1-4-5-22-36(3)33(41)15-11-7-10-14-32(40)28(24-37)13-9-6-8-12-27-20-21-35(25-38)23-31(27)34(2,42-26-35)29-16-18-30(39)19-17-29/h16-20,31,38-39H,4-15,21-23,25-26H2,1-3H3/t31?,34-,35?/m0/s1. The van der Waals surface area contributed by atoms with Crippen LogP contribution in [-0.4, -0.2) is 59.6 Å². The molecule has 1 aliphatic heterocycles. The Hall–Kier alpha value is -2.73. The van der Waals surface area contributed by atoms with E-state index in [-0.39, 0.29) is 41.0 Å². The molecule has 0 spiro atoms. The highest BCUT2D eigenvalue weighted by Gasteiger charge is 2.51. The molecule has 0 radical (unpaired) electrons. The summed E-state index contributed by atoms with van der Waals surface area (Å²) in [5.74, 6) is 2.29. The van der Waals surface area contributed by atoms with Crippen LogP contribution in [0.5, 0.6) is 5.75 Å². The van der Waals surface area contributed by atoms with E-state index in [1.807, 2.05) is 25.1 Å². The number of fused-ring (bicyclic) bond motifs is 2. The Labute approximate surface area is 252 Å². The van der Waals surface area contributed by atoms with Gasteiger partial charge in [-0.15, -0.1) is 0 Å². The lowest BCUT2D eigenvalue weighted by molar-refractivity contribution is -0.172. The van der Waals surface area contributed by atoms with Gasteiger partial charge in [-0.1, -0.05) is 50.0 Å². The van der Waals surface area contributed by atoms with Gasteiger partial charge in [-0.05, 0) is 82.4 Å². The normalized spacial score (nSPS) is 23.1. The number of ether oxygens (including phenoxy) is 1. The highest BCUT2D eigenvalue weighted by Crippen LogP contribution is 2.54. The van der Waals surface area contributed by atoms with Crippen LogP contribution in [0.2, 0.25) is 0 Å². The zero-order valence-corrected chi connectivity index (χ0v) is 26.0. The molecule has 232 valence electrons. The highest BCUT2D eigenvalue weighted by atomic mass is 16.5. The average molecular weight is 582 g/mol. The number of aromatic hydroxyl groups is 1. The number of Topliss-reactive ketones (excluding diaryl/α,β-unsaturated/α-hetero) is 1. The first-order valence-electron chi connectivity index (χ1n) is 15.9. The summed E-state index contributed by atoms with van der Waals surface area (Å²) in [4.78, 5) is 38.0. The molecule has 1 amide bonds. The van der Waals surface area contributed by atoms with Gasteiger partial charge in [0.15, 0.2) is 5.78 Å². The Morgan fingerprint density at radius 2 is 1.71 bits per heavy atom. The van der Waals surface area contributed by atoms with Gasteiger partial charge in [0.2, 0.25) is 5.91 Å². The van der Waals surface area contributed by atoms with Gasteiger partial charge >= 0.3 is 0 Å². The van der Waals surface area contributed by atoms with Crippen molar-refractivity contribution in [3.63, 3.8) is 0 Å².